The molecular formula is C25H33ClN2O3. The first-order chi connectivity index (χ1) is 14.8. The van der Waals surface area contributed by atoms with Crippen LogP contribution in [0.4, 0.5) is 0 Å². The van der Waals surface area contributed by atoms with Crippen molar-refractivity contribution in [1.82, 2.24) is 10.2 Å². The molecule has 2 atom stereocenters. The summed E-state index contributed by atoms with van der Waals surface area (Å²) in [6.07, 6.45) is 1.71. The van der Waals surface area contributed by atoms with Crippen LogP contribution >= 0.6 is 11.6 Å². The van der Waals surface area contributed by atoms with Gasteiger partial charge in [0.15, 0.2) is 0 Å². The van der Waals surface area contributed by atoms with Gasteiger partial charge in [0.2, 0.25) is 11.8 Å². The third kappa shape index (κ3) is 8.25. The summed E-state index contributed by atoms with van der Waals surface area (Å²) in [5.74, 6) is 0.522. The number of aryl methyl sites for hydroxylation is 1. The number of carbonyl (C=O) groups excluding carboxylic acids is 2. The molecule has 2 rings (SSSR count). The molecule has 0 saturated heterocycles. The lowest BCUT2D eigenvalue weighted by atomic mass is 10.1. The fourth-order valence-corrected chi connectivity index (χ4v) is 3.15. The number of rotatable bonds is 11. The summed E-state index contributed by atoms with van der Waals surface area (Å²) >= 11 is 5.88. The van der Waals surface area contributed by atoms with Gasteiger partial charge in [-0.3, -0.25) is 9.59 Å². The third-order valence-electron chi connectivity index (χ3n) is 5.26. The number of hydrogen-bond donors (Lipinski definition) is 1. The number of carbonyl (C=O) groups is 2. The standard InChI is InChI=1S/C25H33ClN2O3/c1-5-19(3)27-25(30)20(4)28(17-21-10-8-18(2)9-11-21)24(29)7-6-16-31-23-14-12-22(26)13-15-23/h8-15,19-20H,5-7,16-17H2,1-4H3,(H,27,30)/t19-,20-/m0/s1. The van der Waals surface area contributed by atoms with Crippen molar-refractivity contribution in [1.29, 1.82) is 0 Å². The zero-order chi connectivity index (χ0) is 22.8. The van der Waals surface area contributed by atoms with E-state index in [1.807, 2.05) is 45.0 Å². The fraction of sp³-hybridized carbons (Fsp3) is 0.440. The quantitative estimate of drug-likeness (QED) is 0.488. The Hall–Kier alpha value is -2.53. The minimum atomic E-state index is -0.556. The molecule has 6 heteroatoms. The molecule has 0 heterocycles. The van der Waals surface area contributed by atoms with Gasteiger partial charge in [-0.05, 0) is 63.4 Å². The molecule has 168 valence electrons. The van der Waals surface area contributed by atoms with Crippen LogP contribution in [-0.2, 0) is 16.1 Å². The molecular weight excluding hydrogens is 412 g/mol. The van der Waals surface area contributed by atoms with Crippen molar-refractivity contribution in [2.24, 2.45) is 0 Å². The molecule has 0 fully saturated rings. The smallest absolute Gasteiger partial charge is 0.242 e. The molecule has 0 aromatic heterocycles. The molecule has 0 aliphatic rings. The van der Waals surface area contributed by atoms with Crippen LogP contribution in [-0.4, -0.2) is 35.4 Å². The Morgan fingerprint density at radius 2 is 1.71 bits per heavy atom. The number of hydrogen-bond acceptors (Lipinski definition) is 3. The van der Waals surface area contributed by atoms with E-state index >= 15 is 0 Å². The largest absolute Gasteiger partial charge is 0.494 e. The molecule has 2 aromatic rings. The van der Waals surface area contributed by atoms with Gasteiger partial charge in [-0.15, -0.1) is 0 Å². The fourth-order valence-electron chi connectivity index (χ4n) is 3.03. The van der Waals surface area contributed by atoms with Gasteiger partial charge in [0.25, 0.3) is 0 Å². The van der Waals surface area contributed by atoms with Crippen LogP contribution in [0.5, 0.6) is 5.75 Å². The van der Waals surface area contributed by atoms with Crippen LogP contribution in [0.25, 0.3) is 0 Å². The van der Waals surface area contributed by atoms with E-state index in [0.717, 1.165) is 23.3 Å². The number of amides is 2. The van der Waals surface area contributed by atoms with Gasteiger partial charge in [-0.25, -0.2) is 0 Å². The van der Waals surface area contributed by atoms with Crippen molar-refractivity contribution in [3.63, 3.8) is 0 Å². The molecule has 0 aliphatic carbocycles. The molecule has 0 spiro atoms. The average Bonchev–Trinajstić information content (AvgIpc) is 2.76. The highest BCUT2D eigenvalue weighted by molar-refractivity contribution is 6.30. The van der Waals surface area contributed by atoms with Crippen molar-refractivity contribution in [3.8, 4) is 5.75 Å². The second-order valence-corrected chi connectivity index (χ2v) is 8.34. The molecule has 31 heavy (non-hydrogen) atoms. The van der Waals surface area contributed by atoms with E-state index in [9.17, 15) is 9.59 Å². The predicted molar refractivity (Wildman–Crippen MR) is 125 cm³/mol. The molecule has 0 saturated carbocycles. The number of benzene rings is 2. The van der Waals surface area contributed by atoms with E-state index in [4.69, 9.17) is 16.3 Å². The Bertz CT molecular complexity index is 837. The van der Waals surface area contributed by atoms with Crippen molar-refractivity contribution in [3.05, 3.63) is 64.7 Å². The first kappa shape index (κ1) is 24.7. The van der Waals surface area contributed by atoms with Crippen molar-refractivity contribution in [2.75, 3.05) is 6.61 Å². The molecule has 2 amide bonds. The maximum absolute atomic E-state index is 13.0. The minimum Gasteiger partial charge on any atom is -0.494 e. The van der Waals surface area contributed by atoms with Crippen LogP contribution in [0.1, 0.15) is 51.2 Å². The molecule has 5 nitrogen and oxygen atoms in total. The lowest BCUT2D eigenvalue weighted by Crippen LogP contribution is -2.49. The average molecular weight is 445 g/mol. The zero-order valence-corrected chi connectivity index (χ0v) is 19.6. The maximum atomic E-state index is 13.0. The Balaban J connectivity index is 1.99. The van der Waals surface area contributed by atoms with Crippen LogP contribution in [0, 0.1) is 6.92 Å². The zero-order valence-electron chi connectivity index (χ0n) is 18.9. The summed E-state index contributed by atoms with van der Waals surface area (Å²) in [4.78, 5) is 27.4. The second kappa shape index (κ2) is 12.4. The molecule has 1 N–H and O–H groups in total. The van der Waals surface area contributed by atoms with Gasteiger partial charge in [0.05, 0.1) is 6.61 Å². The molecule has 0 bridgehead atoms. The molecule has 0 radical (unpaired) electrons. The van der Waals surface area contributed by atoms with E-state index in [1.54, 1.807) is 36.1 Å². The molecule has 2 aromatic carbocycles. The van der Waals surface area contributed by atoms with E-state index in [0.29, 0.717) is 31.0 Å². The topological polar surface area (TPSA) is 58.6 Å². The first-order valence-corrected chi connectivity index (χ1v) is 11.2. The Morgan fingerprint density at radius 3 is 2.32 bits per heavy atom. The highest BCUT2D eigenvalue weighted by Gasteiger charge is 2.26. The van der Waals surface area contributed by atoms with Crippen LogP contribution in [0.15, 0.2) is 48.5 Å². The monoisotopic (exact) mass is 444 g/mol. The second-order valence-electron chi connectivity index (χ2n) is 7.91. The summed E-state index contributed by atoms with van der Waals surface area (Å²) in [6.45, 7) is 8.60. The van der Waals surface area contributed by atoms with Gasteiger partial charge < -0.3 is 15.0 Å². The lowest BCUT2D eigenvalue weighted by molar-refractivity contribution is -0.141. The third-order valence-corrected chi connectivity index (χ3v) is 5.51. The summed E-state index contributed by atoms with van der Waals surface area (Å²) < 4.78 is 5.69. The summed E-state index contributed by atoms with van der Waals surface area (Å²) in [6, 6.07) is 14.7. The highest BCUT2D eigenvalue weighted by atomic mass is 35.5. The number of nitrogens with one attached hydrogen (secondary N) is 1. The van der Waals surface area contributed by atoms with E-state index in [-0.39, 0.29) is 17.9 Å². The summed E-state index contributed by atoms with van der Waals surface area (Å²) in [5, 5.41) is 3.64. The SMILES string of the molecule is CC[C@H](C)NC(=O)[C@H](C)N(Cc1ccc(C)cc1)C(=O)CCCOc1ccc(Cl)cc1. The lowest BCUT2D eigenvalue weighted by Gasteiger charge is -2.30. The maximum Gasteiger partial charge on any atom is 0.242 e. The Morgan fingerprint density at radius 1 is 1.06 bits per heavy atom. The van der Waals surface area contributed by atoms with E-state index < -0.39 is 6.04 Å². The molecule has 0 aliphatic heterocycles. The van der Waals surface area contributed by atoms with Crippen LogP contribution < -0.4 is 10.1 Å². The predicted octanol–water partition coefficient (Wildman–Crippen LogP) is 5.14. The van der Waals surface area contributed by atoms with Crippen molar-refractivity contribution < 1.29 is 14.3 Å². The van der Waals surface area contributed by atoms with Crippen LogP contribution in [0.3, 0.4) is 0 Å². The number of ether oxygens (including phenoxy) is 1. The Labute approximate surface area is 190 Å². The van der Waals surface area contributed by atoms with Gasteiger partial charge in [0, 0.05) is 24.0 Å². The minimum absolute atomic E-state index is 0.0629. The van der Waals surface area contributed by atoms with Crippen molar-refractivity contribution in [2.45, 2.75) is 65.6 Å². The first-order valence-electron chi connectivity index (χ1n) is 10.8. The van der Waals surface area contributed by atoms with Gasteiger partial charge in [-0.1, -0.05) is 48.4 Å². The van der Waals surface area contributed by atoms with Gasteiger partial charge in [0.1, 0.15) is 11.8 Å². The molecule has 0 unspecified atom stereocenters. The normalized spacial score (nSPS) is 12.7. The summed E-state index contributed by atoms with van der Waals surface area (Å²) in [5.41, 5.74) is 2.16. The van der Waals surface area contributed by atoms with Crippen molar-refractivity contribution >= 4 is 23.4 Å². The highest BCUT2D eigenvalue weighted by Crippen LogP contribution is 2.17. The number of halogens is 1. The van der Waals surface area contributed by atoms with Gasteiger partial charge >= 0.3 is 0 Å². The number of nitrogens with zero attached hydrogens (tertiary/aromatic N) is 1. The van der Waals surface area contributed by atoms with Crippen LogP contribution in [0.2, 0.25) is 5.02 Å². The van der Waals surface area contributed by atoms with E-state index in [2.05, 4.69) is 5.32 Å². The summed E-state index contributed by atoms with van der Waals surface area (Å²) in [7, 11) is 0. The van der Waals surface area contributed by atoms with E-state index in [1.165, 1.54) is 0 Å². The Kier molecular flexibility index (Phi) is 9.86. The van der Waals surface area contributed by atoms with Gasteiger partial charge in [-0.2, -0.15) is 0 Å².